The fourth-order valence-electron chi connectivity index (χ4n) is 2.62. The van der Waals surface area contributed by atoms with Crippen molar-refractivity contribution in [1.29, 1.82) is 5.26 Å². The van der Waals surface area contributed by atoms with Gasteiger partial charge in [-0.05, 0) is 43.5 Å². The van der Waals surface area contributed by atoms with Gasteiger partial charge in [0.05, 0.1) is 6.07 Å². The van der Waals surface area contributed by atoms with Crippen LogP contribution in [-0.2, 0) is 0 Å². The summed E-state index contributed by atoms with van der Waals surface area (Å²) in [5, 5.41) is 12.7. The molecule has 0 amide bonds. The van der Waals surface area contributed by atoms with E-state index in [0.29, 0.717) is 6.04 Å². The number of hydrogen-bond donors (Lipinski definition) is 1. The van der Waals surface area contributed by atoms with E-state index >= 15 is 0 Å². The van der Waals surface area contributed by atoms with Crippen molar-refractivity contribution in [3.05, 3.63) is 30.1 Å². The maximum Gasteiger partial charge on any atom is 0.139 e. The van der Waals surface area contributed by atoms with Crippen LogP contribution in [0.4, 0.5) is 10.1 Å². The molecular weight excluding hydrogens is 229 g/mol. The molecule has 0 bridgehead atoms. The summed E-state index contributed by atoms with van der Waals surface area (Å²) >= 11 is 0. The number of nitrogens with zero attached hydrogens (tertiary/aromatic N) is 2. The lowest BCUT2D eigenvalue weighted by Gasteiger charge is -2.24. The fraction of sp³-hybridized carbons (Fsp3) is 0.500. The number of halogens is 1. The molecule has 1 aromatic carbocycles. The smallest absolute Gasteiger partial charge is 0.139 e. The molecule has 1 saturated heterocycles. The molecule has 1 aliphatic carbocycles. The normalized spacial score (nSPS) is 28.0. The molecule has 3 nitrogen and oxygen atoms in total. The highest BCUT2D eigenvalue weighted by atomic mass is 19.1. The van der Waals surface area contributed by atoms with Crippen LogP contribution in [0.15, 0.2) is 24.3 Å². The molecule has 94 valence electrons. The monoisotopic (exact) mass is 245 g/mol. The lowest BCUT2D eigenvalue weighted by molar-refractivity contribution is 0.319. The Hall–Kier alpha value is -1.60. The molecule has 4 heteroatoms. The summed E-state index contributed by atoms with van der Waals surface area (Å²) in [6, 6.07) is 9.31. The van der Waals surface area contributed by atoms with Gasteiger partial charge >= 0.3 is 0 Å². The Kier molecular flexibility index (Phi) is 2.71. The van der Waals surface area contributed by atoms with Crippen LogP contribution in [-0.4, -0.2) is 29.6 Å². The van der Waals surface area contributed by atoms with Crippen molar-refractivity contribution >= 4 is 5.69 Å². The van der Waals surface area contributed by atoms with Crippen molar-refractivity contribution in [2.75, 3.05) is 18.4 Å². The second kappa shape index (κ2) is 4.25. The number of rotatable bonds is 3. The minimum absolute atomic E-state index is 0.252. The highest BCUT2D eigenvalue weighted by Gasteiger charge is 2.43. The average Bonchev–Trinajstić information content (AvgIpc) is 3.15. The molecule has 1 N–H and O–H groups in total. The highest BCUT2D eigenvalue weighted by molar-refractivity contribution is 5.48. The Morgan fingerprint density at radius 1 is 1.33 bits per heavy atom. The minimum Gasteiger partial charge on any atom is -0.366 e. The summed E-state index contributed by atoms with van der Waals surface area (Å²) < 4.78 is 12.9. The Morgan fingerprint density at radius 3 is 2.67 bits per heavy atom. The van der Waals surface area contributed by atoms with Gasteiger partial charge in [0.1, 0.15) is 11.4 Å². The molecule has 18 heavy (non-hydrogen) atoms. The Morgan fingerprint density at radius 2 is 2.06 bits per heavy atom. The SMILES string of the molecule is N#CC1(Nc2ccc(F)cc2)CCN(C2CC2)C1. The van der Waals surface area contributed by atoms with Crippen LogP contribution in [0.3, 0.4) is 0 Å². The van der Waals surface area contributed by atoms with Crippen LogP contribution in [0.1, 0.15) is 19.3 Å². The fourth-order valence-corrected chi connectivity index (χ4v) is 2.62. The van der Waals surface area contributed by atoms with Gasteiger partial charge < -0.3 is 5.32 Å². The molecule has 3 rings (SSSR count). The lowest BCUT2D eigenvalue weighted by atomic mass is 10.0. The number of anilines is 1. The zero-order valence-corrected chi connectivity index (χ0v) is 10.2. The second-order valence-corrected chi connectivity index (χ2v) is 5.28. The summed E-state index contributed by atoms with van der Waals surface area (Å²) in [5.74, 6) is -0.252. The summed E-state index contributed by atoms with van der Waals surface area (Å²) in [6.07, 6.45) is 3.35. The van der Waals surface area contributed by atoms with Gasteiger partial charge in [-0.25, -0.2) is 4.39 Å². The first-order valence-corrected chi connectivity index (χ1v) is 6.40. The number of hydrogen-bond acceptors (Lipinski definition) is 3. The molecule has 0 spiro atoms. The lowest BCUT2D eigenvalue weighted by Crippen LogP contribution is -2.40. The van der Waals surface area contributed by atoms with E-state index in [1.54, 1.807) is 12.1 Å². The van der Waals surface area contributed by atoms with E-state index in [1.807, 2.05) is 0 Å². The summed E-state index contributed by atoms with van der Waals surface area (Å²) in [7, 11) is 0. The molecule has 2 fully saturated rings. The van der Waals surface area contributed by atoms with Crippen LogP contribution in [0.5, 0.6) is 0 Å². The van der Waals surface area contributed by atoms with Gasteiger partial charge in [0.2, 0.25) is 0 Å². The first-order chi connectivity index (χ1) is 8.71. The van der Waals surface area contributed by atoms with E-state index in [-0.39, 0.29) is 5.82 Å². The Labute approximate surface area is 106 Å². The van der Waals surface area contributed by atoms with E-state index in [1.165, 1.54) is 25.0 Å². The molecular formula is C14H16FN3. The molecule has 1 aliphatic heterocycles. The minimum atomic E-state index is -0.513. The molecule has 1 aromatic rings. The third-order valence-electron chi connectivity index (χ3n) is 3.80. The van der Waals surface area contributed by atoms with E-state index in [2.05, 4.69) is 16.3 Å². The van der Waals surface area contributed by atoms with Gasteiger partial charge in [-0.2, -0.15) is 5.26 Å². The van der Waals surface area contributed by atoms with Crippen LogP contribution >= 0.6 is 0 Å². The summed E-state index contributed by atoms with van der Waals surface area (Å²) in [5.41, 5.74) is 0.302. The van der Waals surface area contributed by atoms with Crippen molar-refractivity contribution in [2.45, 2.75) is 30.8 Å². The van der Waals surface area contributed by atoms with Crippen LogP contribution in [0.2, 0.25) is 0 Å². The second-order valence-electron chi connectivity index (χ2n) is 5.28. The van der Waals surface area contributed by atoms with E-state index in [4.69, 9.17) is 0 Å². The van der Waals surface area contributed by atoms with Gasteiger partial charge in [-0.3, -0.25) is 4.90 Å². The van der Waals surface area contributed by atoms with Crippen molar-refractivity contribution in [1.82, 2.24) is 4.90 Å². The molecule has 0 aromatic heterocycles. The first kappa shape index (κ1) is 11.5. The zero-order chi connectivity index (χ0) is 12.6. The maximum atomic E-state index is 12.9. The predicted octanol–water partition coefficient (Wildman–Crippen LogP) is 2.37. The maximum absolute atomic E-state index is 12.9. The van der Waals surface area contributed by atoms with Gasteiger partial charge in [-0.1, -0.05) is 0 Å². The molecule has 1 saturated carbocycles. The molecule has 0 radical (unpaired) electrons. The van der Waals surface area contributed by atoms with Crippen molar-refractivity contribution in [2.24, 2.45) is 0 Å². The third-order valence-corrected chi connectivity index (χ3v) is 3.80. The van der Waals surface area contributed by atoms with Gasteiger partial charge in [-0.15, -0.1) is 0 Å². The average molecular weight is 245 g/mol. The largest absolute Gasteiger partial charge is 0.366 e. The van der Waals surface area contributed by atoms with Gasteiger partial charge in [0.15, 0.2) is 0 Å². The number of nitrogens with one attached hydrogen (secondary N) is 1. The summed E-state index contributed by atoms with van der Waals surface area (Å²) in [6.45, 7) is 1.75. The van der Waals surface area contributed by atoms with Gasteiger partial charge in [0.25, 0.3) is 0 Å². The number of nitriles is 1. The number of benzene rings is 1. The standard InChI is InChI=1S/C14H16FN3/c15-11-1-3-12(4-2-11)17-14(9-16)7-8-18(10-14)13-5-6-13/h1-4,13,17H,5-8,10H2. The van der Waals surface area contributed by atoms with Crippen molar-refractivity contribution < 1.29 is 4.39 Å². The first-order valence-electron chi connectivity index (χ1n) is 6.40. The molecule has 2 aliphatic rings. The van der Waals surface area contributed by atoms with Crippen molar-refractivity contribution in [3.8, 4) is 6.07 Å². The quantitative estimate of drug-likeness (QED) is 0.888. The highest BCUT2D eigenvalue weighted by Crippen LogP contribution is 2.34. The number of likely N-dealkylation sites (tertiary alicyclic amines) is 1. The van der Waals surface area contributed by atoms with Crippen LogP contribution in [0.25, 0.3) is 0 Å². The van der Waals surface area contributed by atoms with E-state index < -0.39 is 5.54 Å². The van der Waals surface area contributed by atoms with E-state index in [9.17, 15) is 9.65 Å². The van der Waals surface area contributed by atoms with Crippen molar-refractivity contribution in [3.63, 3.8) is 0 Å². The Bertz CT molecular complexity index is 475. The molecule has 1 atom stereocenters. The van der Waals surface area contributed by atoms with Gasteiger partial charge in [0, 0.05) is 24.8 Å². The van der Waals surface area contributed by atoms with Crippen LogP contribution < -0.4 is 5.32 Å². The third kappa shape index (κ3) is 2.19. The van der Waals surface area contributed by atoms with Crippen LogP contribution in [0, 0.1) is 17.1 Å². The Balaban J connectivity index is 1.72. The predicted molar refractivity (Wildman–Crippen MR) is 67.6 cm³/mol. The zero-order valence-electron chi connectivity index (χ0n) is 10.2. The molecule has 1 heterocycles. The molecule has 1 unspecified atom stereocenters. The van der Waals surface area contributed by atoms with E-state index in [0.717, 1.165) is 25.2 Å². The summed E-state index contributed by atoms with van der Waals surface area (Å²) in [4.78, 5) is 2.39. The topological polar surface area (TPSA) is 39.1 Å².